The minimum Gasteiger partial charge on any atom is -0.359 e. The minimum atomic E-state index is -0.618. The molecule has 0 saturated carbocycles. The second-order valence-electron chi connectivity index (χ2n) is 3.51. The highest BCUT2D eigenvalue weighted by Crippen LogP contribution is 2.23. The van der Waals surface area contributed by atoms with Crippen LogP contribution in [0.5, 0.6) is 0 Å². The normalized spacial score (nSPS) is 13.3. The van der Waals surface area contributed by atoms with Gasteiger partial charge in [0.15, 0.2) is 0 Å². The maximum atomic E-state index is 11.4. The highest BCUT2D eigenvalue weighted by atomic mass is 16.2. The lowest BCUT2D eigenvalue weighted by molar-refractivity contribution is -0.120. The molecule has 1 heterocycles. The topological polar surface area (TPSA) is 75.3 Å². The lowest BCUT2D eigenvalue weighted by atomic mass is 10.1. The van der Waals surface area contributed by atoms with Crippen LogP contribution in [0.4, 0.5) is 5.69 Å². The molecule has 0 radical (unpaired) electrons. The number of anilines is 1. The van der Waals surface area contributed by atoms with Gasteiger partial charge in [-0.25, -0.2) is 0 Å². The number of fused-ring (bicyclic) bond motifs is 1. The Bertz CT molecular complexity index is 494. The first-order valence-corrected chi connectivity index (χ1v) is 4.81. The van der Waals surface area contributed by atoms with E-state index in [0.29, 0.717) is 16.8 Å². The summed E-state index contributed by atoms with van der Waals surface area (Å²) in [5.74, 6) is -1.30. The fourth-order valence-electron chi connectivity index (χ4n) is 1.57. The van der Waals surface area contributed by atoms with E-state index < -0.39 is 11.7 Å². The third-order valence-corrected chi connectivity index (χ3v) is 2.43. The van der Waals surface area contributed by atoms with E-state index in [1.807, 2.05) is 0 Å². The lowest BCUT2D eigenvalue weighted by Crippen LogP contribution is -2.20. The van der Waals surface area contributed by atoms with Gasteiger partial charge in [-0.05, 0) is 17.7 Å². The molecule has 0 fully saturated rings. The molecule has 0 unspecified atom stereocenters. The second kappa shape index (κ2) is 3.77. The Kier molecular flexibility index (Phi) is 2.44. The van der Waals surface area contributed by atoms with Gasteiger partial charge in [0.2, 0.25) is 5.91 Å². The summed E-state index contributed by atoms with van der Waals surface area (Å²) in [5, 5.41) is 4.95. The number of likely N-dealkylation sites (N-methyl/N-ethyl adjacent to an activating group) is 1. The van der Waals surface area contributed by atoms with E-state index in [1.54, 1.807) is 25.2 Å². The fourth-order valence-corrected chi connectivity index (χ4v) is 1.57. The van der Waals surface area contributed by atoms with E-state index in [9.17, 15) is 14.4 Å². The van der Waals surface area contributed by atoms with Crippen molar-refractivity contribution in [3.8, 4) is 0 Å². The largest absolute Gasteiger partial charge is 0.359 e. The number of benzene rings is 1. The SMILES string of the molecule is CNC(=O)Cc1ccc2c(c1)C(=O)C(=O)N2. The van der Waals surface area contributed by atoms with Gasteiger partial charge in [0.1, 0.15) is 0 Å². The Morgan fingerprint density at radius 1 is 1.38 bits per heavy atom. The van der Waals surface area contributed by atoms with Gasteiger partial charge in [0.05, 0.1) is 17.7 Å². The average Bonchev–Trinajstić information content (AvgIpc) is 2.55. The van der Waals surface area contributed by atoms with Gasteiger partial charge in [-0.2, -0.15) is 0 Å². The number of ketones is 1. The van der Waals surface area contributed by atoms with Crippen LogP contribution in [-0.4, -0.2) is 24.6 Å². The van der Waals surface area contributed by atoms with Gasteiger partial charge in [-0.1, -0.05) is 6.07 Å². The smallest absolute Gasteiger partial charge is 0.296 e. The van der Waals surface area contributed by atoms with Gasteiger partial charge in [-0.15, -0.1) is 0 Å². The number of hydrogen-bond donors (Lipinski definition) is 2. The van der Waals surface area contributed by atoms with E-state index >= 15 is 0 Å². The second-order valence-corrected chi connectivity index (χ2v) is 3.51. The fraction of sp³-hybridized carbons (Fsp3) is 0.182. The molecule has 82 valence electrons. The average molecular weight is 218 g/mol. The van der Waals surface area contributed by atoms with Crippen LogP contribution in [0.2, 0.25) is 0 Å². The summed E-state index contributed by atoms with van der Waals surface area (Å²) >= 11 is 0. The molecule has 2 amide bonds. The third-order valence-electron chi connectivity index (χ3n) is 2.43. The number of carbonyl (C=O) groups is 3. The van der Waals surface area contributed by atoms with Crippen LogP contribution >= 0.6 is 0 Å². The van der Waals surface area contributed by atoms with Crippen molar-refractivity contribution in [1.82, 2.24) is 5.32 Å². The lowest BCUT2D eigenvalue weighted by Gasteiger charge is -2.02. The summed E-state index contributed by atoms with van der Waals surface area (Å²) in [6.45, 7) is 0. The minimum absolute atomic E-state index is 0.135. The summed E-state index contributed by atoms with van der Waals surface area (Å²) in [4.78, 5) is 33.6. The first kappa shape index (κ1) is 10.4. The van der Waals surface area contributed by atoms with Crippen molar-refractivity contribution in [2.45, 2.75) is 6.42 Å². The molecule has 5 nitrogen and oxygen atoms in total. The molecule has 5 heteroatoms. The predicted octanol–water partition coefficient (Wildman–Crippen LogP) is 0.110. The van der Waals surface area contributed by atoms with Crippen molar-refractivity contribution in [3.05, 3.63) is 29.3 Å². The van der Waals surface area contributed by atoms with Crippen molar-refractivity contribution in [1.29, 1.82) is 0 Å². The Labute approximate surface area is 91.8 Å². The van der Waals surface area contributed by atoms with E-state index in [1.165, 1.54) is 0 Å². The molecule has 1 aliphatic heterocycles. The maximum Gasteiger partial charge on any atom is 0.296 e. The molecule has 0 bridgehead atoms. The molecule has 0 aromatic heterocycles. The third kappa shape index (κ3) is 1.67. The first-order chi connectivity index (χ1) is 7.61. The first-order valence-electron chi connectivity index (χ1n) is 4.81. The van der Waals surface area contributed by atoms with Crippen LogP contribution in [0.25, 0.3) is 0 Å². The van der Waals surface area contributed by atoms with Crippen LogP contribution in [-0.2, 0) is 16.0 Å². The zero-order chi connectivity index (χ0) is 11.7. The quantitative estimate of drug-likeness (QED) is 0.692. The van der Waals surface area contributed by atoms with Crippen molar-refractivity contribution in [2.75, 3.05) is 12.4 Å². The summed E-state index contributed by atoms with van der Waals surface area (Å²) in [6.07, 6.45) is 0.200. The van der Waals surface area contributed by atoms with Crippen molar-refractivity contribution >= 4 is 23.3 Å². The monoisotopic (exact) mass is 218 g/mol. The number of rotatable bonds is 2. The highest BCUT2D eigenvalue weighted by Gasteiger charge is 2.27. The number of nitrogens with one attached hydrogen (secondary N) is 2. The van der Waals surface area contributed by atoms with Gasteiger partial charge in [-0.3, -0.25) is 14.4 Å². The van der Waals surface area contributed by atoms with Crippen LogP contribution in [0.1, 0.15) is 15.9 Å². The summed E-state index contributed by atoms with van der Waals surface area (Å²) in [6, 6.07) is 4.92. The maximum absolute atomic E-state index is 11.4. The number of amides is 2. The molecule has 1 aromatic rings. The van der Waals surface area contributed by atoms with Crippen LogP contribution in [0.15, 0.2) is 18.2 Å². The Morgan fingerprint density at radius 3 is 2.81 bits per heavy atom. The van der Waals surface area contributed by atoms with Gasteiger partial charge in [0, 0.05) is 7.05 Å². The molecule has 0 saturated heterocycles. The van der Waals surface area contributed by atoms with E-state index in [0.717, 1.165) is 0 Å². The molecular formula is C11H10N2O3. The Balaban J connectivity index is 2.30. The zero-order valence-electron chi connectivity index (χ0n) is 8.66. The highest BCUT2D eigenvalue weighted by molar-refractivity contribution is 6.51. The van der Waals surface area contributed by atoms with Crippen LogP contribution in [0, 0.1) is 0 Å². The summed E-state index contributed by atoms with van der Waals surface area (Å²) < 4.78 is 0. The molecule has 1 aromatic carbocycles. The molecule has 0 spiro atoms. The number of carbonyl (C=O) groups excluding carboxylic acids is 3. The zero-order valence-corrected chi connectivity index (χ0v) is 8.66. The summed E-state index contributed by atoms with van der Waals surface area (Å²) in [5.41, 5.74) is 1.56. The van der Waals surface area contributed by atoms with Gasteiger partial charge < -0.3 is 10.6 Å². The Morgan fingerprint density at radius 2 is 2.12 bits per heavy atom. The standard InChI is InChI=1S/C11H10N2O3/c1-12-9(14)5-6-2-3-8-7(4-6)10(15)11(16)13-8/h2-4H,5H2,1H3,(H,12,14)(H,13,15,16). The molecule has 2 N–H and O–H groups in total. The Hall–Kier alpha value is -2.17. The molecule has 0 aliphatic carbocycles. The predicted molar refractivity (Wildman–Crippen MR) is 57.2 cm³/mol. The molecular weight excluding hydrogens is 208 g/mol. The van der Waals surface area contributed by atoms with Gasteiger partial charge in [0.25, 0.3) is 11.7 Å². The van der Waals surface area contributed by atoms with E-state index in [-0.39, 0.29) is 12.3 Å². The van der Waals surface area contributed by atoms with E-state index in [4.69, 9.17) is 0 Å². The molecule has 0 atom stereocenters. The molecule has 16 heavy (non-hydrogen) atoms. The molecule has 1 aliphatic rings. The van der Waals surface area contributed by atoms with Crippen molar-refractivity contribution in [2.24, 2.45) is 0 Å². The molecule has 2 rings (SSSR count). The van der Waals surface area contributed by atoms with Crippen molar-refractivity contribution in [3.63, 3.8) is 0 Å². The number of Topliss-reactive ketones (excluding diaryl/α,β-unsaturated/α-hetero) is 1. The number of hydrogen-bond acceptors (Lipinski definition) is 3. The van der Waals surface area contributed by atoms with E-state index in [2.05, 4.69) is 10.6 Å². The summed E-state index contributed by atoms with van der Waals surface area (Å²) in [7, 11) is 1.55. The van der Waals surface area contributed by atoms with Gasteiger partial charge >= 0.3 is 0 Å². The van der Waals surface area contributed by atoms with Crippen molar-refractivity contribution < 1.29 is 14.4 Å². The van der Waals surface area contributed by atoms with Crippen LogP contribution in [0.3, 0.4) is 0 Å². The van der Waals surface area contributed by atoms with Crippen LogP contribution < -0.4 is 10.6 Å².